The highest BCUT2D eigenvalue weighted by Gasteiger charge is 2.09. The van der Waals surface area contributed by atoms with E-state index in [4.69, 9.17) is 4.74 Å². The summed E-state index contributed by atoms with van der Waals surface area (Å²) in [6.07, 6.45) is 2.36. The zero-order chi connectivity index (χ0) is 15.1. The van der Waals surface area contributed by atoms with Gasteiger partial charge in [-0.1, -0.05) is 12.1 Å². The highest BCUT2D eigenvalue weighted by atomic mass is 16.5. The summed E-state index contributed by atoms with van der Waals surface area (Å²) in [5.74, 6) is 0.935. The molecule has 110 valence electrons. The molecule has 0 fully saturated rings. The van der Waals surface area contributed by atoms with Gasteiger partial charge >= 0.3 is 5.97 Å². The molecule has 0 aliphatic carbocycles. The SMILES string of the molecule is COC(=O)c1nccc(NCCc2ccc(OC)cc2)n1. The molecule has 0 bridgehead atoms. The molecule has 0 saturated carbocycles. The summed E-state index contributed by atoms with van der Waals surface area (Å²) in [6.45, 7) is 0.698. The lowest BCUT2D eigenvalue weighted by molar-refractivity contribution is 0.0587. The van der Waals surface area contributed by atoms with E-state index in [0.29, 0.717) is 12.4 Å². The van der Waals surface area contributed by atoms with Crippen LogP contribution in [-0.2, 0) is 11.2 Å². The molecule has 1 aromatic heterocycles. The smallest absolute Gasteiger partial charge is 0.376 e. The zero-order valence-corrected chi connectivity index (χ0v) is 12.0. The Bertz CT molecular complexity index is 599. The molecule has 6 heteroatoms. The molecule has 0 unspecified atom stereocenters. The van der Waals surface area contributed by atoms with E-state index in [9.17, 15) is 4.79 Å². The summed E-state index contributed by atoms with van der Waals surface area (Å²) in [5, 5.41) is 3.15. The Hall–Kier alpha value is -2.63. The topological polar surface area (TPSA) is 73.3 Å². The number of ether oxygens (including phenoxy) is 2. The number of nitrogens with zero attached hydrogens (tertiary/aromatic N) is 2. The van der Waals surface area contributed by atoms with E-state index in [1.807, 2.05) is 24.3 Å². The number of hydrogen-bond acceptors (Lipinski definition) is 6. The fraction of sp³-hybridized carbons (Fsp3) is 0.267. The van der Waals surface area contributed by atoms with Crippen LogP contribution in [0.2, 0.25) is 0 Å². The van der Waals surface area contributed by atoms with Crippen LogP contribution >= 0.6 is 0 Å². The molecular weight excluding hydrogens is 270 g/mol. The van der Waals surface area contributed by atoms with Crippen molar-refractivity contribution >= 4 is 11.8 Å². The van der Waals surface area contributed by atoms with Gasteiger partial charge in [0.2, 0.25) is 5.82 Å². The minimum atomic E-state index is -0.547. The van der Waals surface area contributed by atoms with E-state index < -0.39 is 5.97 Å². The lowest BCUT2D eigenvalue weighted by Gasteiger charge is -2.07. The number of rotatable bonds is 6. The molecule has 0 amide bonds. The Kier molecular flexibility index (Phi) is 5.09. The van der Waals surface area contributed by atoms with Crippen LogP contribution in [0.25, 0.3) is 0 Å². The molecule has 0 aliphatic rings. The highest BCUT2D eigenvalue weighted by molar-refractivity contribution is 5.85. The van der Waals surface area contributed by atoms with Crippen LogP contribution in [0.1, 0.15) is 16.2 Å². The van der Waals surface area contributed by atoms with Crippen molar-refractivity contribution in [2.75, 3.05) is 26.1 Å². The minimum absolute atomic E-state index is 0.0481. The van der Waals surface area contributed by atoms with E-state index in [0.717, 1.165) is 12.2 Å². The van der Waals surface area contributed by atoms with E-state index in [-0.39, 0.29) is 5.82 Å². The Morgan fingerprint density at radius 3 is 2.62 bits per heavy atom. The van der Waals surface area contributed by atoms with Crippen LogP contribution in [0.5, 0.6) is 5.75 Å². The van der Waals surface area contributed by atoms with Crippen LogP contribution in [0.15, 0.2) is 36.5 Å². The average molecular weight is 287 g/mol. The van der Waals surface area contributed by atoms with Crippen molar-refractivity contribution in [1.82, 2.24) is 9.97 Å². The lowest BCUT2D eigenvalue weighted by Crippen LogP contribution is -2.11. The molecule has 0 atom stereocenters. The molecular formula is C15H17N3O3. The van der Waals surface area contributed by atoms with Gasteiger partial charge in [0.05, 0.1) is 14.2 Å². The Labute approximate surface area is 123 Å². The first kappa shape index (κ1) is 14.8. The molecule has 0 aliphatic heterocycles. The molecule has 6 nitrogen and oxygen atoms in total. The van der Waals surface area contributed by atoms with Crippen molar-refractivity contribution in [3.63, 3.8) is 0 Å². The largest absolute Gasteiger partial charge is 0.497 e. The third-order valence-electron chi connectivity index (χ3n) is 2.90. The zero-order valence-electron chi connectivity index (χ0n) is 12.0. The van der Waals surface area contributed by atoms with Gasteiger partial charge in [-0.25, -0.2) is 14.8 Å². The fourth-order valence-corrected chi connectivity index (χ4v) is 1.77. The predicted molar refractivity (Wildman–Crippen MR) is 78.6 cm³/mol. The molecule has 0 saturated heterocycles. The van der Waals surface area contributed by atoms with Crippen LogP contribution in [0.4, 0.5) is 5.82 Å². The molecule has 2 rings (SSSR count). The second kappa shape index (κ2) is 7.23. The number of aromatic nitrogens is 2. The van der Waals surface area contributed by atoms with Crippen LogP contribution in [-0.4, -0.2) is 36.7 Å². The summed E-state index contributed by atoms with van der Waals surface area (Å²) < 4.78 is 9.70. The lowest BCUT2D eigenvalue weighted by atomic mass is 10.1. The molecule has 1 heterocycles. The number of nitrogens with one attached hydrogen (secondary N) is 1. The first-order valence-electron chi connectivity index (χ1n) is 6.51. The Morgan fingerprint density at radius 1 is 1.19 bits per heavy atom. The second-order valence-corrected chi connectivity index (χ2v) is 4.28. The molecule has 1 N–H and O–H groups in total. The third-order valence-corrected chi connectivity index (χ3v) is 2.90. The van der Waals surface area contributed by atoms with E-state index in [1.54, 1.807) is 13.2 Å². The van der Waals surface area contributed by atoms with Crippen LogP contribution in [0, 0.1) is 0 Å². The quantitative estimate of drug-likeness (QED) is 0.818. The van der Waals surface area contributed by atoms with Gasteiger partial charge in [-0.3, -0.25) is 0 Å². The van der Waals surface area contributed by atoms with Crippen molar-refractivity contribution < 1.29 is 14.3 Å². The summed E-state index contributed by atoms with van der Waals surface area (Å²) in [5.41, 5.74) is 1.19. The standard InChI is InChI=1S/C15H17N3O3/c1-20-12-5-3-11(4-6-12)7-9-16-13-8-10-17-14(18-13)15(19)21-2/h3-6,8,10H,7,9H2,1-2H3,(H,16,17,18). The maximum atomic E-state index is 11.3. The molecule has 1 aromatic carbocycles. The Balaban J connectivity index is 1.89. The number of carbonyl (C=O) groups excluding carboxylic acids is 1. The first-order chi connectivity index (χ1) is 10.2. The van der Waals surface area contributed by atoms with Gasteiger partial charge < -0.3 is 14.8 Å². The van der Waals surface area contributed by atoms with Gasteiger partial charge in [-0.2, -0.15) is 0 Å². The molecule has 0 spiro atoms. The number of anilines is 1. The summed E-state index contributed by atoms with van der Waals surface area (Å²) in [6, 6.07) is 9.59. The maximum absolute atomic E-state index is 11.3. The van der Waals surface area contributed by atoms with Crippen LogP contribution < -0.4 is 10.1 Å². The molecule has 0 radical (unpaired) electrons. The van der Waals surface area contributed by atoms with Gasteiger partial charge in [0.15, 0.2) is 0 Å². The summed E-state index contributed by atoms with van der Waals surface area (Å²) in [7, 11) is 2.94. The van der Waals surface area contributed by atoms with E-state index in [2.05, 4.69) is 20.0 Å². The molecule has 2 aromatic rings. The predicted octanol–water partition coefficient (Wildman–Crippen LogP) is 1.93. The van der Waals surface area contributed by atoms with Gasteiger partial charge in [0.1, 0.15) is 11.6 Å². The van der Waals surface area contributed by atoms with Crippen molar-refractivity contribution in [2.45, 2.75) is 6.42 Å². The third kappa shape index (κ3) is 4.17. The summed E-state index contributed by atoms with van der Waals surface area (Å²) >= 11 is 0. The minimum Gasteiger partial charge on any atom is -0.497 e. The summed E-state index contributed by atoms with van der Waals surface area (Å²) in [4.78, 5) is 19.3. The van der Waals surface area contributed by atoms with Gasteiger partial charge in [-0.15, -0.1) is 0 Å². The van der Waals surface area contributed by atoms with E-state index in [1.165, 1.54) is 18.9 Å². The monoisotopic (exact) mass is 287 g/mol. The maximum Gasteiger partial charge on any atom is 0.376 e. The first-order valence-corrected chi connectivity index (χ1v) is 6.51. The number of benzene rings is 1. The normalized spacial score (nSPS) is 10.0. The van der Waals surface area contributed by atoms with Gasteiger partial charge in [0.25, 0.3) is 0 Å². The Morgan fingerprint density at radius 2 is 1.95 bits per heavy atom. The number of carbonyl (C=O) groups is 1. The van der Waals surface area contributed by atoms with Crippen molar-refractivity contribution in [2.24, 2.45) is 0 Å². The van der Waals surface area contributed by atoms with Crippen molar-refractivity contribution in [3.05, 3.63) is 47.9 Å². The molecule has 21 heavy (non-hydrogen) atoms. The van der Waals surface area contributed by atoms with Crippen molar-refractivity contribution in [1.29, 1.82) is 0 Å². The number of hydrogen-bond donors (Lipinski definition) is 1. The second-order valence-electron chi connectivity index (χ2n) is 4.28. The van der Waals surface area contributed by atoms with Gasteiger partial charge in [-0.05, 0) is 30.2 Å². The fourth-order valence-electron chi connectivity index (χ4n) is 1.77. The number of esters is 1. The van der Waals surface area contributed by atoms with Gasteiger partial charge in [0, 0.05) is 12.7 Å². The van der Waals surface area contributed by atoms with E-state index >= 15 is 0 Å². The number of methoxy groups -OCH3 is 2. The van der Waals surface area contributed by atoms with Crippen LogP contribution in [0.3, 0.4) is 0 Å². The highest BCUT2D eigenvalue weighted by Crippen LogP contribution is 2.12. The average Bonchev–Trinajstić information content (AvgIpc) is 2.55. The van der Waals surface area contributed by atoms with Crippen molar-refractivity contribution in [3.8, 4) is 5.75 Å².